The molecule has 1 aliphatic heterocycles. The van der Waals surface area contributed by atoms with Gasteiger partial charge in [-0.2, -0.15) is 11.8 Å². The molecule has 0 aromatic heterocycles. The van der Waals surface area contributed by atoms with Gasteiger partial charge in [-0.25, -0.2) is 4.79 Å². The standard InChI is InChI=1S/C15H25N3O3S/c1-17(11-6-4-3-5-7-11)13(19)10-18-14(20)12(8-9-22-2)16-15(18)21/h11-12H,3-10H2,1-2H3,(H,16,21)/t12-/m1/s1. The van der Waals surface area contributed by atoms with E-state index in [1.807, 2.05) is 6.26 Å². The molecular formula is C15H25N3O3S. The van der Waals surface area contributed by atoms with Gasteiger partial charge in [-0.05, 0) is 31.3 Å². The van der Waals surface area contributed by atoms with Crippen LogP contribution in [0.2, 0.25) is 0 Å². The topological polar surface area (TPSA) is 69.7 Å². The molecule has 2 rings (SSSR count). The average molecular weight is 327 g/mol. The Labute approximate surface area is 136 Å². The molecule has 0 aromatic rings. The van der Waals surface area contributed by atoms with Gasteiger partial charge < -0.3 is 10.2 Å². The van der Waals surface area contributed by atoms with Crippen LogP contribution in [-0.4, -0.2) is 65.3 Å². The number of carbonyl (C=O) groups excluding carboxylic acids is 3. The Morgan fingerprint density at radius 2 is 2.00 bits per heavy atom. The Balaban J connectivity index is 1.90. The van der Waals surface area contributed by atoms with Crippen molar-refractivity contribution >= 4 is 29.6 Å². The van der Waals surface area contributed by atoms with E-state index in [2.05, 4.69) is 5.32 Å². The summed E-state index contributed by atoms with van der Waals surface area (Å²) in [4.78, 5) is 39.3. The van der Waals surface area contributed by atoms with E-state index in [4.69, 9.17) is 0 Å². The quantitative estimate of drug-likeness (QED) is 0.750. The lowest BCUT2D eigenvalue weighted by atomic mass is 9.94. The first-order valence-corrected chi connectivity index (χ1v) is 9.30. The fourth-order valence-corrected chi connectivity index (χ4v) is 3.55. The molecule has 1 saturated heterocycles. The maximum atomic E-state index is 12.4. The first kappa shape index (κ1) is 17.1. The molecule has 1 saturated carbocycles. The number of nitrogens with one attached hydrogen (secondary N) is 1. The zero-order chi connectivity index (χ0) is 16.1. The highest BCUT2D eigenvalue weighted by Gasteiger charge is 2.39. The molecule has 7 heteroatoms. The van der Waals surface area contributed by atoms with Crippen molar-refractivity contribution in [1.29, 1.82) is 0 Å². The Morgan fingerprint density at radius 1 is 1.32 bits per heavy atom. The predicted molar refractivity (Wildman–Crippen MR) is 86.7 cm³/mol. The summed E-state index contributed by atoms with van der Waals surface area (Å²) in [6.45, 7) is -0.145. The van der Waals surface area contributed by atoms with Crippen molar-refractivity contribution in [2.75, 3.05) is 25.6 Å². The van der Waals surface area contributed by atoms with E-state index in [0.29, 0.717) is 6.42 Å². The number of amides is 4. The van der Waals surface area contributed by atoms with Crippen LogP contribution in [0.1, 0.15) is 38.5 Å². The number of carbonyl (C=O) groups is 3. The monoisotopic (exact) mass is 327 g/mol. The molecule has 1 heterocycles. The van der Waals surface area contributed by atoms with Crippen molar-refractivity contribution in [3.8, 4) is 0 Å². The molecule has 0 aromatic carbocycles. The minimum Gasteiger partial charge on any atom is -0.341 e. The van der Waals surface area contributed by atoms with Crippen molar-refractivity contribution in [1.82, 2.24) is 15.1 Å². The molecule has 124 valence electrons. The molecule has 6 nitrogen and oxygen atoms in total. The number of imide groups is 1. The molecular weight excluding hydrogens is 302 g/mol. The molecule has 0 unspecified atom stereocenters. The van der Waals surface area contributed by atoms with Gasteiger partial charge >= 0.3 is 6.03 Å². The predicted octanol–water partition coefficient (Wildman–Crippen LogP) is 1.45. The lowest BCUT2D eigenvalue weighted by Gasteiger charge is -2.32. The molecule has 0 radical (unpaired) electrons. The lowest BCUT2D eigenvalue weighted by Crippen LogP contribution is -2.46. The maximum Gasteiger partial charge on any atom is 0.325 e. The Hall–Kier alpha value is -1.24. The van der Waals surface area contributed by atoms with Gasteiger partial charge in [-0.1, -0.05) is 19.3 Å². The molecule has 0 bridgehead atoms. The van der Waals surface area contributed by atoms with Crippen LogP contribution in [0.4, 0.5) is 4.79 Å². The summed E-state index contributed by atoms with van der Waals surface area (Å²) in [7, 11) is 1.78. The third-order valence-corrected chi connectivity index (χ3v) is 5.17. The van der Waals surface area contributed by atoms with Crippen molar-refractivity contribution in [2.24, 2.45) is 0 Å². The van der Waals surface area contributed by atoms with Crippen LogP contribution in [0.5, 0.6) is 0 Å². The van der Waals surface area contributed by atoms with E-state index in [-0.39, 0.29) is 24.4 Å². The average Bonchev–Trinajstić information content (AvgIpc) is 2.80. The van der Waals surface area contributed by atoms with Gasteiger partial charge in [-0.15, -0.1) is 0 Å². The van der Waals surface area contributed by atoms with E-state index in [1.165, 1.54) is 6.42 Å². The van der Waals surface area contributed by atoms with Crippen LogP contribution < -0.4 is 5.32 Å². The van der Waals surface area contributed by atoms with Crippen LogP contribution in [-0.2, 0) is 9.59 Å². The number of hydrogen-bond acceptors (Lipinski definition) is 4. The van der Waals surface area contributed by atoms with Gasteiger partial charge in [0.2, 0.25) is 5.91 Å². The zero-order valence-electron chi connectivity index (χ0n) is 13.3. The summed E-state index contributed by atoms with van der Waals surface area (Å²) >= 11 is 1.63. The molecule has 4 amide bonds. The molecule has 22 heavy (non-hydrogen) atoms. The van der Waals surface area contributed by atoms with Crippen LogP contribution in [0.3, 0.4) is 0 Å². The third-order valence-electron chi connectivity index (χ3n) is 4.53. The minimum atomic E-state index is -0.479. The van der Waals surface area contributed by atoms with Gasteiger partial charge in [0.05, 0.1) is 0 Å². The highest BCUT2D eigenvalue weighted by molar-refractivity contribution is 7.98. The van der Waals surface area contributed by atoms with E-state index in [1.54, 1.807) is 23.7 Å². The second-order valence-electron chi connectivity index (χ2n) is 6.00. The highest BCUT2D eigenvalue weighted by Crippen LogP contribution is 2.22. The van der Waals surface area contributed by atoms with Gasteiger partial charge in [-0.3, -0.25) is 14.5 Å². The number of hydrogen-bond donors (Lipinski definition) is 1. The number of urea groups is 1. The number of thioether (sulfide) groups is 1. The van der Waals surface area contributed by atoms with Gasteiger partial charge in [0.1, 0.15) is 12.6 Å². The second-order valence-corrected chi connectivity index (χ2v) is 6.99. The first-order valence-electron chi connectivity index (χ1n) is 7.91. The summed E-state index contributed by atoms with van der Waals surface area (Å²) < 4.78 is 0. The van der Waals surface area contributed by atoms with E-state index in [0.717, 1.165) is 36.3 Å². The number of likely N-dealkylation sites (N-methyl/N-ethyl adjacent to an activating group) is 1. The second kappa shape index (κ2) is 7.85. The van der Waals surface area contributed by atoms with Crippen molar-refractivity contribution in [3.05, 3.63) is 0 Å². The van der Waals surface area contributed by atoms with Gasteiger partial charge in [0.25, 0.3) is 5.91 Å². The maximum absolute atomic E-state index is 12.4. The zero-order valence-corrected chi connectivity index (χ0v) is 14.2. The molecule has 0 spiro atoms. The first-order chi connectivity index (χ1) is 10.5. The summed E-state index contributed by atoms with van der Waals surface area (Å²) in [5.74, 6) is 0.380. The number of nitrogens with zero attached hydrogens (tertiary/aromatic N) is 2. The van der Waals surface area contributed by atoms with E-state index >= 15 is 0 Å². The summed E-state index contributed by atoms with van der Waals surface area (Å²) in [6, 6.07) is -0.677. The normalized spacial score (nSPS) is 22.8. The van der Waals surface area contributed by atoms with Crippen LogP contribution in [0.25, 0.3) is 0 Å². The van der Waals surface area contributed by atoms with E-state index in [9.17, 15) is 14.4 Å². The highest BCUT2D eigenvalue weighted by atomic mass is 32.2. The fraction of sp³-hybridized carbons (Fsp3) is 0.800. The largest absolute Gasteiger partial charge is 0.341 e. The SMILES string of the molecule is CSCC[C@H]1NC(=O)N(CC(=O)N(C)C2CCCCC2)C1=O. The van der Waals surface area contributed by atoms with Crippen molar-refractivity contribution in [3.63, 3.8) is 0 Å². The molecule has 1 N–H and O–H groups in total. The van der Waals surface area contributed by atoms with Gasteiger partial charge in [0, 0.05) is 13.1 Å². The summed E-state index contributed by atoms with van der Waals surface area (Å²) in [5, 5.41) is 2.67. The Bertz CT molecular complexity index is 438. The molecule has 1 atom stereocenters. The Kier molecular flexibility index (Phi) is 6.11. The summed E-state index contributed by atoms with van der Waals surface area (Å²) in [6.07, 6.45) is 8.10. The van der Waals surface area contributed by atoms with E-state index < -0.39 is 12.1 Å². The summed E-state index contributed by atoms with van der Waals surface area (Å²) in [5.41, 5.74) is 0. The molecule has 2 aliphatic rings. The number of rotatable bonds is 6. The molecule has 1 aliphatic carbocycles. The van der Waals surface area contributed by atoms with Crippen LogP contribution >= 0.6 is 11.8 Å². The van der Waals surface area contributed by atoms with Gasteiger partial charge in [0.15, 0.2) is 0 Å². The third kappa shape index (κ3) is 3.94. The Morgan fingerprint density at radius 3 is 2.64 bits per heavy atom. The van der Waals surface area contributed by atoms with Crippen molar-refractivity contribution < 1.29 is 14.4 Å². The van der Waals surface area contributed by atoms with Crippen LogP contribution in [0, 0.1) is 0 Å². The fourth-order valence-electron chi connectivity index (χ4n) is 3.08. The van der Waals surface area contributed by atoms with Crippen molar-refractivity contribution in [2.45, 2.75) is 50.6 Å². The smallest absolute Gasteiger partial charge is 0.325 e. The molecule has 2 fully saturated rings. The lowest BCUT2D eigenvalue weighted by molar-refractivity contribution is -0.138. The minimum absolute atomic E-state index is 0.145. The van der Waals surface area contributed by atoms with Crippen LogP contribution in [0.15, 0.2) is 0 Å².